The Balaban J connectivity index is 1.27. The number of amides is 4. The fourth-order valence-electron chi connectivity index (χ4n) is 5.20. The SMILES string of the molecule is CC(C)C(=O)N(CC(=O)Nc1ccc(N2CCN(C(=O)NC3CCCCC3)CC2)cc1)Cc1ccc(F)cc1. The summed E-state index contributed by atoms with van der Waals surface area (Å²) in [6, 6.07) is 13.9. The Morgan fingerprint density at radius 3 is 2.18 bits per heavy atom. The van der Waals surface area contributed by atoms with E-state index in [1.54, 1.807) is 26.0 Å². The summed E-state index contributed by atoms with van der Waals surface area (Å²) in [5.41, 5.74) is 2.44. The second-order valence-electron chi connectivity index (χ2n) is 10.8. The van der Waals surface area contributed by atoms with Gasteiger partial charge in [-0.3, -0.25) is 9.59 Å². The van der Waals surface area contributed by atoms with Crippen LogP contribution in [0, 0.1) is 11.7 Å². The van der Waals surface area contributed by atoms with Crippen molar-refractivity contribution in [1.82, 2.24) is 15.1 Å². The molecule has 2 aliphatic rings. The number of nitrogens with zero attached hydrogens (tertiary/aromatic N) is 3. The first-order valence-corrected chi connectivity index (χ1v) is 14.0. The van der Waals surface area contributed by atoms with Gasteiger partial charge >= 0.3 is 6.03 Å². The number of anilines is 2. The van der Waals surface area contributed by atoms with Crippen LogP contribution in [0.3, 0.4) is 0 Å². The Hall–Kier alpha value is -3.62. The van der Waals surface area contributed by atoms with Crippen molar-refractivity contribution in [2.45, 2.75) is 58.5 Å². The van der Waals surface area contributed by atoms with Crippen LogP contribution in [0.4, 0.5) is 20.6 Å². The molecule has 2 N–H and O–H groups in total. The topological polar surface area (TPSA) is 85.0 Å². The third-order valence-electron chi connectivity index (χ3n) is 7.44. The molecule has 0 atom stereocenters. The number of rotatable bonds is 8. The zero-order valence-corrected chi connectivity index (χ0v) is 23.0. The first-order valence-electron chi connectivity index (χ1n) is 14.0. The fourth-order valence-corrected chi connectivity index (χ4v) is 5.20. The summed E-state index contributed by atoms with van der Waals surface area (Å²) in [7, 11) is 0. The molecule has 1 saturated heterocycles. The Morgan fingerprint density at radius 1 is 0.923 bits per heavy atom. The normalized spacial score (nSPS) is 16.2. The van der Waals surface area contributed by atoms with Gasteiger partial charge in [-0.1, -0.05) is 45.2 Å². The van der Waals surface area contributed by atoms with Gasteiger partial charge in [0, 0.05) is 56.1 Å². The van der Waals surface area contributed by atoms with Gasteiger partial charge in [0.25, 0.3) is 0 Å². The van der Waals surface area contributed by atoms with Crippen LogP contribution in [0.1, 0.15) is 51.5 Å². The van der Waals surface area contributed by atoms with Gasteiger partial charge in [-0.15, -0.1) is 0 Å². The lowest BCUT2D eigenvalue weighted by molar-refractivity contribution is -0.138. The first kappa shape index (κ1) is 28.4. The van der Waals surface area contributed by atoms with E-state index in [4.69, 9.17) is 0 Å². The summed E-state index contributed by atoms with van der Waals surface area (Å²) >= 11 is 0. The third kappa shape index (κ3) is 8.18. The van der Waals surface area contributed by atoms with Crippen molar-refractivity contribution >= 4 is 29.2 Å². The van der Waals surface area contributed by atoms with Gasteiger partial charge in [0.15, 0.2) is 0 Å². The molecule has 8 nitrogen and oxygen atoms in total. The monoisotopic (exact) mass is 537 g/mol. The van der Waals surface area contributed by atoms with E-state index >= 15 is 0 Å². The maximum absolute atomic E-state index is 13.3. The lowest BCUT2D eigenvalue weighted by Crippen LogP contribution is -2.53. The molecule has 0 bridgehead atoms. The summed E-state index contributed by atoms with van der Waals surface area (Å²) < 4.78 is 13.3. The highest BCUT2D eigenvalue weighted by Crippen LogP contribution is 2.21. The molecular weight excluding hydrogens is 497 g/mol. The summed E-state index contributed by atoms with van der Waals surface area (Å²) in [4.78, 5) is 43.8. The highest BCUT2D eigenvalue weighted by Gasteiger charge is 2.24. The minimum atomic E-state index is -0.344. The van der Waals surface area contributed by atoms with E-state index in [1.165, 1.54) is 36.3 Å². The summed E-state index contributed by atoms with van der Waals surface area (Å²) in [5.74, 6) is -1.05. The largest absolute Gasteiger partial charge is 0.368 e. The van der Waals surface area contributed by atoms with Gasteiger partial charge in [0.2, 0.25) is 11.8 Å². The molecule has 9 heteroatoms. The lowest BCUT2D eigenvalue weighted by Gasteiger charge is -2.37. The van der Waals surface area contributed by atoms with Gasteiger partial charge < -0.3 is 25.3 Å². The average Bonchev–Trinajstić information content (AvgIpc) is 2.94. The Kier molecular flexibility index (Phi) is 9.79. The van der Waals surface area contributed by atoms with Crippen LogP contribution in [-0.4, -0.2) is 66.4 Å². The number of urea groups is 1. The predicted octanol–water partition coefficient (Wildman–Crippen LogP) is 4.61. The smallest absolute Gasteiger partial charge is 0.317 e. The zero-order valence-electron chi connectivity index (χ0n) is 23.0. The quantitative estimate of drug-likeness (QED) is 0.515. The van der Waals surface area contributed by atoms with Crippen molar-refractivity contribution in [2.24, 2.45) is 5.92 Å². The third-order valence-corrected chi connectivity index (χ3v) is 7.44. The van der Waals surface area contributed by atoms with Crippen molar-refractivity contribution in [1.29, 1.82) is 0 Å². The number of hydrogen-bond acceptors (Lipinski definition) is 4. The van der Waals surface area contributed by atoms with Gasteiger partial charge in [-0.05, 0) is 54.8 Å². The summed E-state index contributed by atoms with van der Waals surface area (Å²) in [6.07, 6.45) is 5.81. The van der Waals surface area contributed by atoms with Crippen LogP contribution in [0.2, 0.25) is 0 Å². The number of nitrogens with one attached hydrogen (secondary N) is 2. The second-order valence-corrected chi connectivity index (χ2v) is 10.8. The first-order chi connectivity index (χ1) is 18.8. The lowest BCUT2D eigenvalue weighted by atomic mass is 9.96. The maximum atomic E-state index is 13.3. The molecule has 0 spiro atoms. The maximum Gasteiger partial charge on any atom is 0.317 e. The van der Waals surface area contributed by atoms with Gasteiger partial charge in [0.05, 0.1) is 0 Å². The molecule has 39 heavy (non-hydrogen) atoms. The highest BCUT2D eigenvalue weighted by atomic mass is 19.1. The number of benzene rings is 2. The minimum Gasteiger partial charge on any atom is -0.368 e. The molecule has 4 rings (SSSR count). The van der Waals surface area contributed by atoms with E-state index in [0.29, 0.717) is 24.8 Å². The van der Waals surface area contributed by atoms with Gasteiger partial charge in [-0.2, -0.15) is 0 Å². The molecule has 1 aliphatic carbocycles. The molecule has 2 aromatic rings. The molecule has 4 amide bonds. The van der Waals surface area contributed by atoms with Crippen LogP contribution < -0.4 is 15.5 Å². The number of hydrogen-bond donors (Lipinski definition) is 2. The predicted molar refractivity (Wildman–Crippen MR) is 151 cm³/mol. The van der Waals surface area contributed by atoms with Crippen LogP contribution >= 0.6 is 0 Å². The molecule has 210 valence electrons. The fraction of sp³-hybridized carbons (Fsp3) is 0.500. The summed E-state index contributed by atoms with van der Waals surface area (Å²) in [5, 5.41) is 6.08. The Bertz CT molecular complexity index is 1110. The second kappa shape index (κ2) is 13.4. The van der Waals surface area contributed by atoms with E-state index in [-0.39, 0.29) is 42.7 Å². The van der Waals surface area contributed by atoms with E-state index in [2.05, 4.69) is 15.5 Å². The average molecular weight is 538 g/mol. The van der Waals surface area contributed by atoms with Crippen molar-refractivity contribution in [2.75, 3.05) is 42.9 Å². The van der Waals surface area contributed by atoms with Crippen molar-refractivity contribution < 1.29 is 18.8 Å². The Morgan fingerprint density at radius 2 is 1.56 bits per heavy atom. The van der Waals surface area contributed by atoms with Crippen LogP contribution in [0.5, 0.6) is 0 Å². The van der Waals surface area contributed by atoms with Crippen LogP contribution in [0.15, 0.2) is 48.5 Å². The molecule has 0 unspecified atom stereocenters. The Labute approximate surface area is 230 Å². The number of piperazine rings is 1. The number of halogens is 1. The zero-order chi connectivity index (χ0) is 27.8. The van der Waals surface area contributed by atoms with Gasteiger partial charge in [0.1, 0.15) is 12.4 Å². The number of carbonyl (C=O) groups excluding carboxylic acids is 3. The molecule has 0 radical (unpaired) electrons. The molecule has 0 aromatic heterocycles. The van der Waals surface area contributed by atoms with Crippen molar-refractivity contribution in [3.05, 3.63) is 59.9 Å². The van der Waals surface area contributed by atoms with E-state index < -0.39 is 0 Å². The van der Waals surface area contributed by atoms with Crippen molar-refractivity contribution in [3.63, 3.8) is 0 Å². The molecule has 1 heterocycles. The molecule has 2 fully saturated rings. The van der Waals surface area contributed by atoms with Crippen molar-refractivity contribution in [3.8, 4) is 0 Å². The summed E-state index contributed by atoms with van der Waals surface area (Å²) in [6.45, 7) is 6.56. The van der Waals surface area contributed by atoms with E-state index in [0.717, 1.165) is 37.2 Å². The van der Waals surface area contributed by atoms with Gasteiger partial charge in [-0.25, -0.2) is 9.18 Å². The molecule has 1 saturated carbocycles. The van der Waals surface area contributed by atoms with Crippen LogP contribution in [0.25, 0.3) is 0 Å². The number of carbonyl (C=O) groups is 3. The van der Waals surface area contributed by atoms with E-state index in [1.807, 2.05) is 29.2 Å². The molecule has 2 aromatic carbocycles. The standard InChI is InChI=1S/C30H40FN5O3/c1-22(2)29(38)36(20-23-8-10-24(31)11-9-23)21-28(37)32-26-12-14-27(15-13-26)34-16-18-35(19-17-34)30(39)33-25-6-4-3-5-7-25/h8-15,22,25H,3-7,16-21H2,1-2H3,(H,32,37)(H,33,39). The highest BCUT2D eigenvalue weighted by molar-refractivity contribution is 5.94. The van der Waals surface area contributed by atoms with Crippen LogP contribution in [-0.2, 0) is 16.1 Å². The molecule has 1 aliphatic heterocycles. The van der Waals surface area contributed by atoms with E-state index in [9.17, 15) is 18.8 Å². The minimum absolute atomic E-state index is 0.0454. The molecular formula is C30H40FN5O3.